The van der Waals surface area contributed by atoms with Crippen LogP contribution in [-0.2, 0) is 27.9 Å². The molecule has 3 rings (SSSR count). The maximum atomic E-state index is 13.3. The molecule has 0 bridgehead atoms. The van der Waals surface area contributed by atoms with Crippen molar-refractivity contribution in [1.82, 2.24) is 19.2 Å². The van der Waals surface area contributed by atoms with Crippen molar-refractivity contribution in [2.75, 3.05) is 13.1 Å². The van der Waals surface area contributed by atoms with Gasteiger partial charge in [0.1, 0.15) is 0 Å². The molecule has 2 aromatic carbocycles. The first-order chi connectivity index (χ1) is 14.9. The van der Waals surface area contributed by atoms with Gasteiger partial charge >= 0.3 is 0 Å². The molecule has 1 heterocycles. The van der Waals surface area contributed by atoms with E-state index in [-0.39, 0.29) is 23.9 Å². The molecule has 0 saturated heterocycles. The smallest absolute Gasteiger partial charge is 0.243 e. The highest BCUT2D eigenvalue weighted by Crippen LogP contribution is 2.23. The van der Waals surface area contributed by atoms with Crippen molar-refractivity contribution in [3.63, 3.8) is 0 Å². The summed E-state index contributed by atoms with van der Waals surface area (Å²) in [6.45, 7) is 0.811. The van der Waals surface area contributed by atoms with E-state index in [1.54, 1.807) is 48.9 Å². The predicted molar refractivity (Wildman–Crippen MR) is 123 cm³/mol. The van der Waals surface area contributed by atoms with E-state index < -0.39 is 10.0 Å². The second-order valence-electron chi connectivity index (χ2n) is 6.82. The molecule has 7 nitrogen and oxygen atoms in total. The Balaban J connectivity index is 1.71. The molecule has 0 aliphatic carbocycles. The molecule has 1 amide bonds. The van der Waals surface area contributed by atoms with Crippen LogP contribution in [-0.4, -0.2) is 41.3 Å². The lowest BCUT2D eigenvalue weighted by Gasteiger charge is -2.22. The Labute approximate surface area is 195 Å². The first-order valence-corrected chi connectivity index (χ1v) is 12.2. The molecule has 1 aromatic heterocycles. The van der Waals surface area contributed by atoms with E-state index in [9.17, 15) is 13.2 Å². The highest BCUT2D eigenvalue weighted by atomic mass is 79.9. The Morgan fingerprint density at radius 2 is 1.90 bits per heavy atom. The average molecular weight is 526 g/mol. The second-order valence-corrected chi connectivity index (χ2v) is 10.1. The Bertz CT molecular complexity index is 1110. The fraction of sp³-hybridized carbons (Fsp3) is 0.238. The van der Waals surface area contributed by atoms with Gasteiger partial charge in [0.15, 0.2) is 0 Å². The van der Waals surface area contributed by atoms with Crippen LogP contribution in [0.5, 0.6) is 0 Å². The minimum atomic E-state index is -3.91. The maximum absolute atomic E-state index is 13.3. The van der Waals surface area contributed by atoms with Gasteiger partial charge in [-0.25, -0.2) is 13.4 Å². The van der Waals surface area contributed by atoms with Crippen molar-refractivity contribution < 1.29 is 13.2 Å². The van der Waals surface area contributed by atoms with Crippen LogP contribution in [0.1, 0.15) is 12.0 Å². The van der Waals surface area contributed by atoms with Gasteiger partial charge in [0.05, 0.1) is 17.8 Å². The van der Waals surface area contributed by atoms with E-state index in [0.717, 1.165) is 8.78 Å². The molecule has 0 aliphatic rings. The van der Waals surface area contributed by atoms with E-state index in [1.807, 2.05) is 10.8 Å². The summed E-state index contributed by atoms with van der Waals surface area (Å²) in [7, 11) is -3.91. The van der Waals surface area contributed by atoms with Crippen LogP contribution in [0.3, 0.4) is 0 Å². The number of halogens is 2. The van der Waals surface area contributed by atoms with Gasteiger partial charge in [-0.3, -0.25) is 4.79 Å². The van der Waals surface area contributed by atoms with Gasteiger partial charge in [0.25, 0.3) is 0 Å². The number of imidazole rings is 1. The fourth-order valence-electron chi connectivity index (χ4n) is 2.92. The van der Waals surface area contributed by atoms with Crippen molar-refractivity contribution in [2.45, 2.75) is 24.4 Å². The van der Waals surface area contributed by atoms with Crippen LogP contribution in [0.2, 0.25) is 5.02 Å². The summed E-state index contributed by atoms with van der Waals surface area (Å²) >= 11 is 9.54. The molecule has 0 aliphatic heterocycles. The first kappa shape index (κ1) is 23.5. The minimum absolute atomic E-state index is 0.0134. The number of hydrogen-bond acceptors (Lipinski definition) is 4. The molecule has 0 spiro atoms. The third-order valence-electron chi connectivity index (χ3n) is 4.55. The Hall–Kier alpha value is -2.20. The molecule has 164 valence electrons. The van der Waals surface area contributed by atoms with Crippen LogP contribution in [0.4, 0.5) is 0 Å². The number of benzene rings is 2. The van der Waals surface area contributed by atoms with Crippen molar-refractivity contribution in [3.8, 4) is 0 Å². The van der Waals surface area contributed by atoms with Crippen molar-refractivity contribution in [1.29, 1.82) is 0 Å². The van der Waals surface area contributed by atoms with E-state index >= 15 is 0 Å². The van der Waals surface area contributed by atoms with Crippen LogP contribution < -0.4 is 5.32 Å². The number of aromatic nitrogens is 2. The van der Waals surface area contributed by atoms with Gasteiger partial charge in [0, 0.05) is 41.5 Å². The average Bonchev–Trinajstić information content (AvgIpc) is 3.26. The zero-order chi connectivity index (χ0) is 22.3. The first-order valence-electron chi connectivity index (χ1n) is 9.58. The molecule has 3 aromatic rings. The molecule has 0 atom stereocenters. The standard InChI is InChI=1S/C21H22BrClN4O3S/c22-18-6-8-19(9-7-18)31(29,30)27(14-17-4-1-2-5-20(17)23)15-21(28)25-10-3-12-26-13-11-24-16-26/h1-2,4-9,11,13,16H,3,10,12,14-15H2,(H,25,28). The van der Waals surface area contributed by atoms with Crippen molar-refractivity contribution >= 4 is 43.5 Å². The molecule has 0 fully saturated rings. The summed E-state index contributed by atoms with van der Waals surface area (Å²) in [6, 6.07) is 13.3. The largest absolute Gasteiger partial charge is 0.355 e. The number of nitrogens with one attached hydrogen (secondary N) is 1. The zero-order valence-electron chi connectivity index (χ0n) is 16.6. The Morgan fingerprint density at radius 1 is 1.16 bits per heavy atom. The topological polar surface area (TPSA) is 84.3 Å². The SMILES string of the molecule is O=C(CN(Cc1ccccc1Cl)S(=O)(=O)c1ccc(Br)cc1)NCCCn1ccnc1. The number of aryl methyl sites for hydroxylation is 1. The lowest BCUT2D eigenvalue weighted by Crippen LogP contribution is -2.40. The quantitative estimate of drug-likeness (QED) is 0.409. The summed E-state index contributed by atoms with van der Waals surface area (Å²) < 4.78 is 30.3. The lowest BCUT2D eigenvalue weighted by atomic mass is 10.2. The summed E-state index contributed by atoms with van der Waals surface area (Å²) in [4.78, 5) is 16.6. The van der Waals surface area contributed by atoms with Crippen LogP contribution in [0, 0.1) is 0 Å². The minimum Gasteiger partial charge on any atom is -0.355 e. The normalized spacial score (nSPS) is 11.6. The third-order valence-corrected chi connectivity index (χ3v) is 7.25. The lowest BCUT2D eigenvalue weighted by molar-refractivity contribution is -0.121. The number of rotatable bonds is 10. The van der Waals surface area contributed by atoms with Gasteiger partial charge in [-0.15, -0.1) is 0 Å². The summed E-state index contributed by atoms with van der Waals surface area (Å²) in [6.07, 6.45) is 5.94. The molecule has 0 saturated carbocycles. The number of sulfonamides is 1. The molecule has 10 heteroatoms. The molecule has 0 unspecified atom stereocenters. The van der Waals surface area contributed by atoms with Gasteiger partial charge in [0.2, 0.25) is 15.9 Å². The number of amides is 1. The second kappa shape index (κ2) is 10.9. The molecule has 31 heavy (non-hydrogen) atoms. The summed E-state index contributed by atoms with van der Waals surface area (Å²) in [5.41, 5.74) is 0.623. The number of nitrogens with zero attached hydrogens (tertiary/aromatic N) is 3. The van der Waals surface area contributed by atoms with E-state index in [4.69, 9.17) is 11.6 Å². The molecular formula is C21H22BrClN4O3S. The van der Waals surface area contributed by atoms with Gasteiger partial charge in [-0.2, -0.15) is 4.31 Å². The fourth-order valence-corrected chi connectivity index (χ4v) is 4.76. The van der Waals surface area contributed by atoms with E-state index in [0.29, 0.717) is 30.1 Å². The number of hydrogen-bond donors (Lipinski definition) is 1. The van der Waals surface area contributed by atoms with Crippen molar-refractivity contribution in [3.05, 3.63) is 82.3 Å². The molecule has 0 radical (unpaired) electrons. The van der Waals surface area contributed by atoms with Crippen LogP contribution in [0.15, 0.2) is 76.6 Å². The van der Waals surface area contributed by atoms with Crippen molar-refractivity contribution in [2.24, 2.45) is 0 Å². The van der Waals surface area contributed by atoms with E-state index in [2.05, 4.69) is 26.2 Å². The zero-order valence-corrected chi connectivity index (χ0v) is 19.8. The van der Waals surface area contributed by atoms with Gasteiger partial charge in [-0.1, -0.05) is 45.7 Å². The summed E-state index contributed by atoms with van der Waals surface area (Å²) in [5, 5.41) is 3.23. The number of carbonyl (C=O) groups is 1. The Morgan fingerprint density at radius 3 is 2.58 bits per heavy atom. The highest BCUT2D eigenvalue weighted by molar-refractivity contribution is 9.10. The maximum Gasteiger partial charge on any atom is 0.243 e. The van der Waals surface area contributed by atoms with Crippen LogP contribution >= 0.6 is 27.5 Å². The predicted octanol–water partition coefficient (Wildman–Crippen LogP) is 3.70. The Kier molecular flexibility index (Phi) is 8.25. The molecular weight excluding hydrogens is 504 g/mol. The molecule has 1 N–H and O–H groups in total. The van der Waals surface area contributed by atoms with Gasteiger partial charge in [-0.05, 0) is 42.3 Å². The monoisotopic (exact) mass is 524 g/mol. The highest BCUT2D eigenvalue weighted by Gasteiger charge is 2.27. The van der Waals surface area contributed by atoms with Crippen LogP contribution in [0.25, 0.3) is 0 Å². The van der Waals surface area contributed by atoms with E-state index in [1.165, 1.54) is 12.1 Å². The number of carbonyl (C=O) groups excluding carboxylic acids is 1. The third kappa shape index (κ3) is 6.64. The summed E-state index contributed by atoms with van der Waals surface area (Å²) in [5.74, 6) is -0.377. The van der Waals surface area contributed by atoms with Gasteiger partial charge < -0.3 is 9.88 Å².